The summed E-state index contributed by atoms with van der Waals surface area (Å²) < 4.78 is 1.89. The van der Waals surface area contributed by atoms with Crippen molar-refractivity contribution in [2.75, 3.05) is 26.7 Å². The first-order chi connectivity index (χ1) is 15.2. The number of carbonyl (C=O) groups excluding carboxylic acids is 1. The Morgan fingerprint density at radius 3 is 2.61 bits per heavy atom. The van der Waals surface area contributed by atoms with Crippen molar-refractivity contribution in [2.24, 2.45) is 5.16 Å². The largest absolute Gasteiger partial charge is 0.399 e. The van der Waals surface area contributed by atoms with Gasteiger partial charge in [-0.3, -0.25) is 9.48 Å². The fourth-order valence-corrected chi connectivity index (χ4v) is 3.88. The van der Waals surface area contributed by atoms with Gasteiger partial charge in [-0.2, -0.15) is 5.10 Å². The number of rotatable bonds is 8. The molecule has 0 saturated carbocycles. The summed E-state index contributed by atoms with van der Waals surface area (Å²) in [6.45, 7) is 2.74. The van der Waals surface area contributed by atoms with E-state index in [1.54, 1.807) is 6.20 Å². The van der Waals surface area contributed by atoms with Crippen molar-refractivity contribution in [3.8, 4) is 11.1 Å². The first kappa shape index (κ1) is 20.8. The zero-order valence-corrected chi connectivity index (χ0v) is 17.6. The predicted molar refractivity (Wildman–Crippen MR) is 121 cm³/mol. The Labute approximate surface area is 182 Å². The summed E-state index contributed by atoms with van der Waals surface area (Å²) in [5, 5.41) is 11.8. The number of amides is 1. The van der Waals surface area contributed by atoms with E-state index in [-0.39, 0.29) is 11.9 Å². The van der Waals surface area contributed by atoms with Gasteiger partial charge in [-0.1, -0.05) is 47.6 Å². The van der Waals surface area contributed by atoms with Crippen molar-refractivity contribution in [3.63, 3.8) is 0 Å². The van der Waals surface area contributed by atoms with E-state index in [1.807, 2.05) is 64.3 Å². The van der Waals surface area contributed by atoms with E-state index >= 15 is 0 Å². The minimum Gasteiger partial charge on any atom is -0.399 e. The maximum atomic E-state index is 13.3. The van der Waals surface area contributed by atoms with Crippen LogP contribution in [0.15, 0.2) is 78.2 Å². The SMILES string of the molecule is CON=C1C[C@@H](CNCCn2cccn2)N(C(=O)c2ccc(-c3ccccc3)cc2)C1. The Bertz CT molecular complexity index is 1000. The topological polar surface area (TPSA) is 71.8 Å². The van der Waals surface area contributed by atoms with Crippen LogP contribution >= 0.6 is 0 Å². The maximum Gasteiger partial charge on any atom is 0.254 e. The van der Waals surface area contributed by atoms with Crippen LogP contribution in [0, 0.1) is 0 Å². The van der Waals surface area contributed by atoms with E-state index in [2.05, 4.69) is 27.7 Å². The van der Waals surface area contributed by atoms with Gasteiger partial charge in [0.15, 0.2) is 0 Å². The van der Waals surface area contributed by atoms with Gasteiger partial charge in [0.05, 0.1) is 24.8 Å². The molecule has 0 aliphatic carbocycles. The van der Waals surface area contributed by atoms with Crippen LogP contribution < -0.4 is 5.32 Å². The van der Waals surface area contributed by atoms with E-state index < -0.39 is 0 Å². The molecule has 1 N–H and O–H groups in total. The van der Waals surface area contributed by atoms with Crippen molar-refractivity contribution in [3.05, 3.63) is 78.6 Å². The highest BCUT2D eigenvalue weighted by Crippen LogP contribution is 2.22. The second kappa shape index (κ2) is 10.0. The number of hydrogen-bond donors (Lipinski definition) is 1. The molecule has 7 nitrogen and oxygen atoms in total. The minimum atomic E-state index is 0.0137. The Morgan fingerprint density at radius 1 is 1.13 bits per heavy atom. The molecule has 7 heteroatoms. The molecular formula is C24H27N5O2. The second-order valence-electron chi connectivity index (χ2n) is 7.55. The Balaban J connectivity index is 1.41. The highest BCUT2D eigenvalue weighted by molar-refractivity contribution is 6.00. The summed E-state index contributed by atoms with van der Waals surface area (Å²) in [6.07, 6.45) is 4.42. The van der Waals surface area contributed by atoms with E-state index in [0.717, 1.165) is 29.9 Å². The standard InChI is InChI=1S/C24H27N5O2/c1-31-27-22-16-23(17-25-13-15-28-14-5-12-26-28)29(18-22)24(30)21-10-8-20(9-11-21)19-6-3-2-4-7-19/h2-12,14,23,25H,13,15-18H2,1H3/t23-/m0/s1. The molecule has 1 saturated heterocycles. The predicted octanol–water partition coefficient (Wildman–Crippen LogP) is 3.06. The zero-order chi connectivity index (χ0) is 21.5. The van der Waals surface area contributed by atoms with Crippen molar-refractivity contribution >= 4 is 11.6 Å². The Kier molecular flexibility index (Phi) is 6.74. The highest BCUT2D eigenvalue weighted by Gasteiger charge is 2.33. The van der Waals surface area contributed by atoms with Gasteiger partial charge < -0.3 is 15.1 Å². The molecule has 1 fully saturated rings. The lowest BCUT2D eigenvalue weighted by molar-refractivity contribution is 0.0739. The summed E-state index contributed by atoms with van der Waals surface area (Å²) in [5.74, 6) is 0.0137. The fourth-order valence-electron chi connectivity index (χ4n) is 3.88. The van der Waals surface area contributed by atoms with Crippen molar-refractivity contribution < 1.29 is 9.63 Å². The number of hydrogen-bond acceptors (Lipinski definition) is 5. The van der Waals surface area contributed by atoms with Crippen LogP contribution in [-0.2, 0) is 11.4 Å². The third-order valence-electron chi connectivity index (χ3n) is 5.44. The summed E-state index contributed by atoms with van der Waals surface area (Å²) >= 11 is 0. The summed E-state index contributed by atoms with van der Waals surface area (Å²) in [6, 6.07) is 19.9. The Hall–Kier alpha value is -3.45. The number of nitrogens with zero attached hydrogens (tertiary/aromatic N) is 4. The summed E-state index contributed by atoms with van der Waals surface area (Å²) in [7, 11) is 1.54. The number of likely N-dealkylation sites (tertiary alicyclic amines) is 1. The van der Waals surface area contributed by atoms with E-state index in [9.17, 15) is 4.79 Å². The van der Waals surface area contributed by atoms with Crippen LogP contribution in [0.25, 0.3) is 11.1 Å². The normalized spacial score (nSPS) is 17.3. The number of nitrogens with one attached hydrogen (secondary N) is 1. The lowest BCUT2D eigenvalue weighted by Crippen LogP contribution is -2.42. The quantitative estimate of drug-likeness (QED) is 0.452. The second-order valence-corrected chi connectivity index (χ2v) is 7.55. The molecule has 0 bridgehead atoms. The average Bonchev–Trinajstić information content (AvgIpc) is 3.47. The maximum absolute atomic E-state index is 13.3. The van der Waals surface area contributed by atoms with Gasteiger partial charge in [0.2, 0.25) is 0 Å². The van der Waals surface area contributed by atoms with Gasteiger partial charge in [-0.25, -0.2) is 0 Å². The molecule has 2 heterocycles. The number of carbonyl (C=O) groups is 1. The van der Waals surface area contributed by atoms with Gasteiger partial charge in [0.25, 0.3) is 5.91 Å². The summed E-state index contributed by atoms with van der Waals surface area (Å²) in [5.41, 5.74) is 3.80. The van der Waals surface area contributed by atoms with Crippen molar-refractivity contribution in [2.45, 2.75) is 19.0 Å². The van der Waals surface area contributed by atoms with E-state index in [0.29, 0.717) is 25.1 Å². The smallest absolute Gasteiger partial charge is 0.254 e. The molecule has 1 amide bonds. The van der Waals surface area contributed by atoms with Crippen molar-refractivity contribution in [1.29, 1.82) is 0 Å². The van der Waals surface area contributed by atoms with Gasteiger partial charge in [-0.05, 0) is 29.3 Å². The average molecular weight is 418 g/mol. The highest BCUT2D eigenvalue weighted by atomic mass is 16.6. The van der Waals surface area contributed by atoms with Gasteiger partial charge in [-0.15, -0.1) is 0 Å². The van der Waals surface area contributed by atoms with Crippen LogP contribution in [0.1, 0.15) is 16.8 Å². The van der Waals surface area contributed by atoms with E-state index in [4.69, 9.17) is 4.84 Å². The summed E-state index contributed by atoms with van der Waals surface area (Å²) in [4.78, 5) is 20.1. The Morgan fingerprint density at radius 2 is 1.90 bits per heavy atom. The molecule has 0 spiro atoms. The van der Waals surface area contributed by atoms with Crippen LogP contribution in [0.4, 0.5) is 0 Å². The molecule has 0 unspecified atom stereocenters. The van der Waals surface area contributed by atoms with Gasteiger partial charge >= 0.3 is 0 Å². The number of benzene rings is 2. The molecule has 1 aliphatic rings. The van der Waals surface area contributed by atoms with Gasteiger partial charge in [0.1, 0.15) is 7.11 Å². The zero-order valence-electron chi connectivity index (χ0n) is 17.6. The van der Waals surface area contributed by atoms with Crippen molar-refractivity contribution in [1.82, 2.24) is 20.0 Å². The molecule has 1 atom stereocenters. The molecule has 1 aliphatic heterocycles. The third kappa shape index (κ3) is 5.19. The molecule has 160 valence electrons. The minimum absolute atomic E-state index is 0.0137. The van der Waals surface area contributed by atoms with Gasteiger partial charge in [0, 0.05) is 37.5 Å². The molecular weight excluding hydrogens is 390 g/mol. The molecule has 0 radical (unpaired) electrons. The van der Waals surface area contributed by atoms with Crippen LogP contribution in [-0.4, -0.2) is 59.1 Å². The lowest BCUT2D eigenvalue weighted by Gasteiger charge is -2.24. The molecule has 31 heavy (non-hydrogen) atoms. The first-order valence-electron chi connectivity index (χ1n) is 10.5. The molecule has 2 aromatic carbocycles. The number of oxime groups is 1. The monoisotopic (exact) mass is 417 g/mol. The molecule has 1 aromatic heterocycles. The molecule has 3 aromatic rings. The molecule has 4 rings (SSSR count). The third-order valence-corrected chi connectivity index (χ3v) is 5.44. The van der Waals surface area contributed by atoms with E-state index in [1.165, 1.54) is 7.11 Å². The van der Waals surface area contributed by atoms with Crippen LogP contribution in [0.2, 0.25) is 0 Å². The first-order valence-corrected chi connectivity index (χ1v) is 10.5. The lowest BCUT2D eigenvalue weighted by atomic mass is 10.0. The fraction of sp³-hybridized carbons (Fsp3) is 0.292. The number of aromatic nitrogens is 2. The van der Waals surface area contributed by atoms with Crippen LogP contribution in [0.3, 0.4) is 0 Å². The van der Waals surface area contributed by atoms with Crippen LogP contribution in [0.5, 0.6) is 0 Å².